The number of nitrogens with zero attached hydrogens (tertiary/aromatic N) is 3. The third-order valence-electron chi connectivity index (χ3n) is 3.27. The number of rotatable bonds is 4. The van der Waals surface area contributed by atoms with Gasteiger partial charge in [-0.25, -0.2) is 4.68 Å². The lowest BCUT2D eigenvalue weighted by Crippen LogP contribution is -2.13. The number of hydrogen-bond donors (Lipinski definition) is 2. The highest BCUT2D eigenvalue weighted by Gasteiger charge is 2.14. The molecule has 0 fully saturated rings. The molecular formula is C16H12Cl2N4O2. The van der Waals surface area contributed by atoms with Gasteiger partial charge in [0.15, 0.2) is 5.69 Å². The van der Waals surface area contributed by atoms with Crippen molar-refractivity contribution in [2.24, 2.45) is 10.2 Å². The fourth-order valence-corrected chi connectivity index (χ4v) is 2.33. The predicted octanol–water partition coefficient (Wildman–Crippen LogP) is 4.38. The van der Waals surface area contributed by atoms with E-state index in [0.29, 0.717) is 21.4 Å². The maximum absolute atomic E-state index is 12.5. The van der Waals surface area contributed by atoms with E-state index in [2.05, 4.69) is 15.3 Å². The molecule has 0 amide bonds. The van der Waals surface area contributed by atoms with Crippen LogP contribution in [0.3, 0.4) is 0 Å². The smallest absolute Gasteiger partial charge is 0.299 e. The number of aliphatic hydroxyl groups is 1. The molecule has 0 aliphatic heterocycles. The first-order valence-electron chi connectivity index (χ1n) is 6.96. The van der Waals surface area contributed by atoms with Crippen molar-refractivity contribution in [1.82, 2.24) is 9.78 Å². The summed E-state index contributed by atoms with van der Waals surface area (Å²) in [6.07, 6.45) is 0. The Bertz CT molecular complexity index is 928. The molecule has 0 aliphatic carbocycles. The molecule has 0 radical (unpaired) electrons. The first-order valence-corrected chi connectivity index (χ1v) is 7.72. The first-order chi connectivity index (χ1) is 11.6. The van der Waals surface area contributed by atoms with Gasteiger partial charge in [0.1, 0.15) is 0 Å². The summed E-state index contributed by atoms with van der Waals surface area (Å²) >= 11 is 11.7. The summed E-state index contributed by atoms with van der Waals surface area (Å²) < 4.78 is 1.28. The van der Waals surface area contributed by atoms with Crippen molar-refractivity contribution in [1.29, 1.82) is 0 Å². The van der Waals surface area contributed by atoms with Gasteiger partial charge in [-0.1, -0.05) is 23.2 Å². The van der Waals surface area contributed by atoms with Crippen molar-refractivity contribution < 1.29 is 5.11 Å². The molecule has 0 saturated heterocycles. The molecule has 3 aromatic rings. The van der Waals surface area contributed by atoms with Crippen molar-refractivity contribution in [2.45, 2.75) is 6.61 Å². The molecule has 2 N–H and O–H groups in total. The van der Waals surface area contributed by atoms with Crippen molar-refractivity contribution in [2.75, 3.05) is 0 Å². The van der Waals surface area contributed by atoms with Crippen LogP contribution in [-0.4, -0.2) is 14.9 Å². The number of halogens is 2. The molecule has 0 atom stereocenters. The Hall–Kier alpha value is -2.41. The SMILES string of the molecule is O=c1c(N=Nc2ccc(Cl)cc2)c(CO)[nH]n1-c1ccc(Cl)cc1. The molecule has 1 heterocycles. The van der Waals surface area contributed by atoms with E-state index < -0.39 is 5.56 Å². The fourth-order valence-electron chi connectivity index (χ4n) is 2.07. The Morgan fingerprint density at radius 3 is 2.12 bits per heavy atom. The Balaban J connectivity index is 2.00. The Morgan fingerprint density at radius 2 is 1.54 bits per heavy atom. The first kappa shape index (κ1) is 16.4. The van der Waals surface area contributed by atoms with Crippen LogP contribution in [0.4, 0.5) is 11.4 Å². The summed E-state index contributed by atoms with van der Waals surface area (Å²) in [4.78, 5) is 12.5. The minimum absolute atomic E-state index is 0.0439. The summed E-state index contributed by atoms with van der Waals surface area (Å²) in [7, 11) is 0. The number of nitrogens with one attached hydrogen (secondary N) is 1. The average Bonchev–Trinajstić information content (AvgIpc) is 2.91. The van der Waals surface area contributed by atoms with E-state index >= 15 is 0 Å². The van der Waals surface area contributed by atoms with E-state index in [1.54, 1.807) is 48.5 Å². The molecule has 1 aromatic heterocycles. The van der Waals surface area contributed by atoms with Crippen LogP contribution in [0.15, 0.2) is 63.6 Å². The lowest BCUT2D eigenvalue weighted by atomic mass is 10.3. The Labute approximate surface area is 147 Å². The van der Waals surface area contributed by atoms with E-state index in [0.717, 1.165) is 0 Å². The molecule has 6 nitrogen and oxygen atoms in total. The van der Waals surface area contributed by atoms with Crippen LogP contribution in [0, 0.1) is 0 Å². The van der Waals surface area contributed by atoms with Crippen LogP contribution in [-0.2, 0) is 6.61 Å². The van der Waals surface area contributed by atoms with Gasteiger partial charge in [-0.2, -0.15) is 5.11 Å². The van der Waals surface area contributed by atoms with Crippen molar-refractivity contribution in [3.63, 3.8) is 0 Å². The Kier molecular flexibility index (Phi) is 4.80. The zero-order valence-corrected chi connectivity index (χ0v) is 13.8. The molecule has 8 heteroatoms. The van der Waals surface area contributed by atoms with Gasteiger partial charge >= 0.3 is 0 Å². The molecule has 0 saturated carbocycles. The van der Waals surface area contributed by atoms with E-state index in [4.69, 9.17) is 23.2 Å². The molecule has 0 unspecified atom stereocenters. The van der Waals surface area contributed by atoms with Crippen LogP contribution < -0.4 is 5.56 Å². The number of azo groups is 1. The lowest BCUT2D eigenvalue weighted by Gasteiger charge is -2.00. The normalized spacial score (nSPS) is 11.3. The highest BCUT2D eigenvalue weighted by molar-refractivity contribution is 6.30. The molecule has 2 aromatic carbocycles. The van der Waals surface area contributed by atoms with Gasteiger partial charge in [-0.3, -0.25) is 9.89 Å². The zero-order valence-electron chi connectivity index (χ0n) is 12.3. The van der Waals surface area contributed by atoms with Crippen LogP contribution in [0.25, 0.3) is 5.69 Å². The number of H-pyrrole nitrogens is 1. The molecule has 0 aliphatic rings. The predicted molar refractivity (Wildman–Crippen MR) is 93.0 cm³/mol. The minimum Gasteiger partial charge on any atom is -0.390 e. The highest BCUT2D eigenvalue weighted by atomic mass is 35.5. The second kappa shape index (κ2) is 7.00. The van der Waals surface area contributed by atoms with Gasteiger partial charge in [-0.15, -0.1) is 5.11 Å². The summed E-state index contributed by atoms with van der Waals surface area (Å²) in [6.45, 7) is -0.370. The topological polar surface area (TPSA) is 82.7 Å². The van der Waals surface area contributed by atoms with Gasteiger partial charge in [0.2, 0.25) is 0 Å². The Morgan fingerprint density at radius 1 is 0.958 bits per heavy atom. The molecule has 3 rings (SSSR count). The quantitative estimate of drug-likeness (QED) is 0.675. The van der Waals surface area contributed by atoms with Gasteiger partial charge in [0, 0.05) is 10.0 Å². The van der Waals surface area contributed by atoms with Gasteiger partial charge in [0.25, 0.3) is 5.56 Å². The van der Waals surface area contributed by atoms with Gasteiger partial charge < -0.3 is 5.11 Å². The number of aliphatic hydroxyl groups excluding tert-OH is 1. The lowest BCUT2D eigenvalue weighted by molar-refractivity contribution is 0.276. The average molecular weight is 363 g/mol. The minimum atomic E-state index is -0.418. The third kappa shape index (κ3) is 3.41. The third-order valence-corrected chi connectivity index (χ3v) is 3.78. The van der Waals surface area contributed by atoms with Gasteiger partial charge in [-0.05, 0) is 48.5 Å². The fraction of sp³-hybridized carbons (Fsp3) is 0.0625. The number of benzene rings is 2. The molecule has 0 bridgehead atoms. The molecule has 0 spiro atoms. The van der Waals surface area contributed by atoms with Gasteiger partial charge in [0.05, 0.1) is 23.7 Å². The van der Waals surface area contributed by atoms with Crippen LogP contribution in [0.2, 0.25) is 10.0 Å². The number of aromatic amines is 1. The van der Waals surface area contributed by atoms with Crippen LogP contribution in [0.5, 0.6) is 0 Å². The second-order valence-electron chi connectivity index (χ2n) is 4.89. The standard InChI is InChI=1S/C16H12Cl2N4O2/c17-10-1-5-12(6-2-10)19-20-15-14(9-23)21-22(16(15)24)13-7-3-11(18)4-8-13/h1-8,21,23H,9H2. The van der Waals surface area contributed by atoms with E-state index in [1.807, 2.05) is 0 Å². The zero-order chi connectivity index (χ0) is 17.1. The molecule has 24 heavy (non-hydrogen) atoms. The van der Waals surface area contributed by atoms with Crippen molar-refractivity contribution in [3.05, 3.63) is 74.6 Å². The van der Waals surface area contributed by atoms with Crippen LogP contribution >= 0.6 is 23.2 Å². The van der Waals surface area contributed by atoms with Crippen molar-refractivity contribution in [3.8, 4) is 5.69 Å². The molecule has 122 valence electrons. The second-order valence-corrected chi connectivity index (χ2v) is 5.76. The number of hydrogen-bond acceptors (Lipinski definition) is 4. The van der Waals surface area contributed by atoms with E-state index in [-0.39, 0.29) is 18.0 Å². The monoisotopic (exact) mass is 362 g/mol. The maximum atomic E-state index is 12.5. The van der Waals surface area contributed by atoms with Crippen LogP contribution in [0.1, 0.15) is 5.69 Å². The largest absolute Gasteiger partial charge is 0.390 e. The maximum Gasteiger partial charge on any atom is 0.299 e. The molecular weight excluding hydrogens is 351 g/mol. The summed E-state index contributed by atoms with van der Waals surface area (Å²) in [6, 6.07) is 13.4. The van der Waals surface area contributed by atoms with E-state index in [9.17, 15) is 9.90 Å². The summed E-state index contributed by atoms with van der Waals surface area (Å²) in [5.74, 6) is 0. The van der Waals surface area contributed by atoms with E-state index in [1.165, 1.54) is 4.68 Å². The summed E-state index contributed by atoms with van der Waals surface area (Å²) in [5, 5.41) is 21.4. The number of aromatic nitrogens is 2. The summed E-state index contributed by atoms with van der Waals surface area (Å²) in [5.41, 5.74) is 1.02. The van der Waals surface area contributed by atoms with Crippen molar-refractivity contribution >= 4 is 34.6 Å². The highest BCUT2D eigenvalue weighted by Crippen LogP contribution is 2.21.